The van der Waals surface area contributed by atoms with Crippen molar-refractivity contribution in [2.45, 2.75) is 211 Å². The smallest absolute Gasteiger partial charge is 0.220 e. The van der Waals surface area contributed by atoms with Crippen LogP contribution in [0.4, 0.5) is 0 Å². The molecule has 1 aliphatic rings. The summed E-state index contributed by atoms with van der Waals surface area (Å²) in [6, 6.07) is -0.822. The Morgan fingerprint density at radius 3 is 1.67 bits per heavy atom. The van der Waals surface area contributed by atoms with E-state index in [-0.39, 0.29) is 12.5 Å². The summed E-state index contributed by atoms with van der Waals surface area (Å²) in [4.78, 5) is 12.9. The minimum absolute atomic E-state index is 0.199. The number of rotatable bonds is 33. The highest BCUT2D eigenvalue weighted by Crippen LogP contribution is 2.22. The van der Waals surface area contributed by atoms with Gasteiger partial charge >= 0.3 is 0 Å². The molecule has 9 nitrogen and oxygen atoms in total. The van der Waals surface area contributed by atoms with E-state index >= 15 is 0 Å². The fraction of sp³-hybridized carbons (Fsp3) is 0.833. The Labute approximate surface area is 311 Å². The zero-order valence-corrected chi connectivity index (χ0v) is 32.4. The molecule has 1 rings (SSSR count). The second-order valence-corrected chi connectivity index (χ2v) is 14.4. The minimum atomic E-state index is -1.57. The first-order valence-electron chi connectivity index (χ1n) is 20.7. The Bertz CT molecular complexity index is 894. The Morgan fingerprint density at radius 1 is 0.647 bits per heavy atom. The number of carbonyl (C=O) groups is 1. The first-order valence-corrected chi connectivity index (χ1v) is 20.7. The number of carbonyl (C=O) groups excluding carboxylic acids is 1. The molecule has 0 bridgehead atoms. The van der Waals surface area contributed by atoms with E-state index in [0.717, 1.165) is 57.8 Å². The number of nitrogens with one attached hydrogen (secondary N) is 1. The molecule has 1 amide bonds. The van der Waals surface area contributed by atoms with E-state index in [9.17, 15) is 30.3 Å². The SMILES string of the molecule is CCCCCC/C=C\CCCCCCCC(=O)NC(COC1OC(CO)C(O)C(O)C1O)C(O)/C=C/CC/C=C/CCCCCCCCCCC. The van der Waals surface area contributed by atoms with E-state index in [4.69, 9.17) is 9.47 Å². The molecule has 7 atom stereocenters. The van der Waals surface area contributed by atoms with E-state index in [1.54, 1.807) is 6.08 Å². The van der Waals surface area contributed by atoms with Crippen molar-refractivity contribution in [3.8, 4) is 0 Å². The predicted octanol–water partition coefficient (Wildman–Crippen LogP) is 7.72. The molecule has 0 saturated carbocycles. The molecule has 1 fully saturated rings. The fourth-order valence-corrected chi connectivity index (χ4v) is 6.28. The first-order chi connectivity index (χ1) is 24.8. The van der Waals surface area contributed by atoms with Gasteiger partial charge in [-0.15, -0.1) is 0 Å². The summed E-state index contributed by atoms with van der Waals surface area (Å²) in [5, 5.41) is 54.0. The van der Waals surface area contributed by atoms with Gasteiger partial charge in [0.15, 0.2) is 6.29 Å². The number of allylic oxidation sites excluding steroid dienone is 5. The van der Waals surface area contributed by atoms with Crippen LogP contribution in [0.3, 0.4) is 0 Å². The summed E-state index contributed by atoms with van der Waals surface area (Å²) in [7, 11) is 0. The highest BCUT2D eigenvalue weighted by molar-refractivity contribution is 5.76. The highest BCUT2D eigenvalue weighted by atomic mass is 16.7. The Morgan fingerprint density at radius 2 is 1.12 bits per heavy atom. The van der Waals surface area contributed by atoms with Crippen LogP contribution in [0.25, 0.3) is 0 Å². The number of ether oxygens (including phenoxy) is 2. The molecule has 0 aliphatic carbocycles. The van der Waals surface area contributed by atoms with Crippen molar-refractivity contribution >= 4 is 5.91 Å². The molecule has 51 heavy (non-hydrogen) atoms. The Hall–Kier alpha value is -1.59. The largest absolute Gasteiger partial charge is 0.394 e. The molecule has 0 radical (unpaired) electrons. The second kappa shape index (κ2) is 33.0. The van der Waals surface area contributed by atoms with Crippen molar-refractivity contribution in [2.24, 2.45) is 0 Å². The molecule has 0 aromatic carbocycles. The molecule has 0 aromatic heterocycles. The maximum Gasteiger partial charge on any atom is 0.220 e. The highest BCUT2D eigenvalue weighted by Gasteiger charge is 2.44. The standard InChI is InChI=1S/C42H77NO8/c1-3-5-7-9-11-13-15-17-18-20-21-23-25-27-29-31-36(45)35(34-50-42-41(49)40(48)39(47)37(33-44)51-42)43-38(46)32-30-28-26-24-22-19-16-14-12-10-8-6-4-2/h14,16,21,23,29,31,35-37,39-42,44-45,47-49H,3-13,15,17-20,22,24-28,30,32-34H2,1-2H3,(H,43,46)/b16-14-,23-21+,31-29+. The van der Waals surface area contributed by atoms with Gasteiger partial charge in [0.1, 0.15) is 24.4 Å². The van der Waals surface area contributed by atoms with E-state index in [0.29, 0.717) is 6.42 Å². The maximum atomic E-state index is 12.9. The Balaban J connectivity index is 2.46. The lowest BCUT2D eigenvalue weighted by Crippen LogP contribution is -2.60. The van der Waals surface area contributed by atoms with Crippen LogP contribution >= 0.6 is 0 Å². The average molecular weight is 724 g/mol. The summed E-state index contributed by atoms with van der Waals surface area (Å²) in [6.45, 7) is 3.71. The third kappa shape index (κ3) is 24.4. The number of aliphatic hydroxyl groups is 5. The van der Waals surface area contributed by atoms with Gasteiger partial charge in [-0.2, -0.15) is 0 Å². The fourth-order valence-electron chi connectivity index (χ4n) is 6.28. The number of amides is 1. The van der Waals surface area contributed by atoms with Crippen LogP contribution in [0.1, 0.15) is 168 Å². The zero-order valence-electron chi connectivity index (χ0n) is 32.4. The van der Waals surface area contributed by atoms with Crippen LogP contribution in [0.15, 0.2) is 36.5 Å². The lowest BCUT2D eigenvalue weighted by atomic mass is 9.99. The van der Waals surface area contributed by atoms with Crippen LogP contribution in [-0.2, 0) is 14.3 Å². The third-order valence-electron chi connectivity index (χ3n) is 9.69. The van der Waals surface area contributed by atoms with Gasteiger partial charge in [0.2, 0.25) is 5.91 Å². The van der Waals surface area contributed by atoms with Gasteiger partial charge in [0, 0.05) is 6.42 Å². The predicted molar refractivity (Wildman–Crippen MR) is 207 cm³/mol. The first kappa shape index (κ1) is 47.4. The lowest BCUT2D eigenvalue weighted by molar-refractivity contribution is -0.302. The van der Waals surface area contributed by atoms with E-state index < -0.39 is 49.5 Å². The van der Waals surface area contributed by atoms with Gasteiger partial charge in [0.05, 0.1) is 25.4 Å². The molecule has 1 saturated heterocycles. The summed E-state index contributed by atoms with van der Waals surface area (Å²) >= 11 is 0. The van der Waals surface area contributed by atoms with Gasteiger partial charge < -0.3 is 40.3 Å². The van der Waals surface area contributed by atoms with Crippen molar-refractivity contribution in [3.05, 3.63) is 36.5 Å². The van der Waals surface area contributed by atoms with Crippen molar-refractivity contribution in [1.82, 2.24) is 5.32 Å². The van der Waals surface area contributed by atoms with Crippen LogP contribution < -0.4 is 5.32 Å². The van der Waals surface area contributed by atoms with Gasteiger partial charge in [-0.05, 0) is 57.8 Å². The molecule has 6 N–H and O–H groups in total. The van der Waals surface area contributed by atoms with Gasteiger partial charge in [0.25, 0.3) is 0 Å². The average Bonchev–Trinajstić information content (AvgIpc) is 3.13. The third-order valence-corrected chi connectivity index (χ3v) is 9.69. The van der Waals surface area contributed by atoms with E-state index in [2.05, 4.69) is 43.5 Å². The molecule has 0 aromatic rings. The van der Waals surface area contributed by atoms with Crippen molar-refractivity contribution < 1.29 is 39.8 Å². The van der Waals surface area contributed by atoms with Gasteiger partial charge in [-0.1, -0.05) is 140 Å². The van der Waals surface area contributed by atoms with E-state index in [1.807, 2.05) is 6.08 Å². The number of hydrogen-bond donors (Lipinski definition) is 6. The second-order valence-electron chi connectivity index (χ2n) is 14.4. The number of aliphatic hydroxyl groups excluding tert-OH is 5. The number of hydrogen-bond acceptors (Lipinski definition) is 8. The number of unbranched alkanes of at least 4 members (excludes halogenated alkanes) is 19. The zero-order chi connectivity index (χ0) is 37.4. The minimum Gasteiger partial charge on any atom is -0.394 e. The molecule has 7 unspecified atom stereocenters. The normalized spacial score (nSPS) is 22.4. The Kier molecular flexibility index (Phi) is 30.7. The van der Waals surface area contributed by atoms with Gasteiger partial charge in [-0.3, -0.25) is 4.79 Å². The molecule has 1 aliphatic heterocycles. The summed E-state index contributed by atoms with van der Waals surface area (Å²) in [5.41, 5.74) is 0. The molecule has 9 heteroatoms. The van der Waals surface area contributed by atoms with E-state index in [1.165, 1.54) is 89.9 Å². The summed E-state index contributed by atoms with van der Waals surface area (Å²) < 4.78 is 11.2. The van der Waals surface area contributed by atoms with Crippen LogP contribution in [0.5, 0.6) is 0 Å². The van der Waals surface area contributed by atoms with Crippen molar-refractivity contribution in [2.75, 3.05) is 13.2 Å². The van der Waals surface area contributed by atoms with Crippen LogP contribution in [-0.4, -0.2) is 87.5 Å². The molecule has 1 heterocycles. The summed E-state index contributed by atoms with van der Waals surface area (Å²) in [6.07, 6.45) is 31.8. The molecular formula is C42H77NO8. The monoisotopic (exact) mass is 724 g/mol. The van der Waals surface area contributed by atoms with Crippen molar-refractivity contribution in [3.63, 3.8) is 0 Å². The van der Waals surface area contributed by atoms with Gasteiger partial charge in [-0.25, -0.2) is 0 Å². The lowest BCUT2D eigenvalue weighted by Gasteiger charge is -2.40. The molecule has 0 spiro atoms. The quantitative estimate of drug-likeness (QED) is 0.0298. The van der Waals surface area contributed by atoms with Crippen molar-refractivity contribution in [1.29, 1.82) is 0 Å². The summed E-state index contributed by atoms with van der Waals surface area (Å²) in [5.74, 6) is -0.199. The molecular weight excluding hydrogens is 646 g/mol. The van der Waals surface area contributed by atoms with Crippen LogP contribution in [0, 0.1) is 0 Å². The van der Waals surface area contributed by atoms with Crippen LogP contribution in [0.2, 0.25) is 0 Å². The topological polar surface area (TPSA) is 149 Å². The maximum absolute atomic E-state index is 12.9. The molecule has 298 valence electrons.